The quantitative estimate of drug-likeness (QED) is 0.433. The third-order valence-electron chi connectivity index (χ3n) is 7.30. The third kappa shape index (κ3) is 6.96. The van der Waals surface area contributed by atoms with Gasteiger partial charge in [0.2, 0.25) is 0 Å². The Kier molecular flexibility index (Phi) is 8.35. The monoisotopic (exact) mass is 566 g/mol. The number of aromatic nitrogens is 1. The van der Waals surface area contributed by atoms with E-state index in [4.69, 9.17) is 16.3 Å². The van der Waals surface area contributed by atoms with Gasteiger partial charge in [0.05, 0.1) is 5.56 Å². The lowest BCUT2D eigenvalue weighted by molar-refractivity contribution is -0.135. The summed E-state index contributed by atoms with van der Waals surface area (Å²) in [4.78, 5) is 31.9. The van der Waals surface area contributed by atoms with E-state index in [9.17, 15) is 22.8 Å². The number of pyridine rings is 1. The summed E-state index contributed by atoms with van der Waals surface area (Å²) in [6.07, 6.45) is 0.161. The minimum Gasteiger partial charge on any atom is -0.478 e. The molecule has 3 atom stereocenters. The van der Waals surface area contributed by atoms with Crippen LogP contribution in [0.4, 0.5) is 19.0 Å². The molecule has 212 valence electrons. The minimum absolute atomic E-state index is 0.0312. The fourth-order valence-corrected chi connectivity index (χ4v) is 5.55. The van der Waals surface area contributed by atoms with Crippen LogP contribution in [-0.2, 0) is 4.79 Å². The number of anilines is 1. The number of hydrogen-bond donors (Lipinski definition) is 2. The average molecular weight is 567 g/mol. The summed E-state index contributed by atoms with van der Waals surface area (Å²) >= 11 is 6.16. The highest BCUT2D eigenvalue weighted by atomic mass is 35.5. The number of ether oxygens (including phenoxy) is 1. The summed E-state index contributed by atoms with van der Waals surface area (Å²) in [7, 11) is 0. The number of rotatable bonds is 8. The molecular weight excluding hydrogens is 533 g/mol. The van der Waals surface area contributed by atoms with Crippen LogP contribution in [0.2, 0.25) is 5.02 Å². The lowest BCUT2D eigenvalue weighted by Crippen LogP contribution is -2.55. The van der Waals surface area contributed by atoms with Gasteiger partial charge in [0.15, 0.2) is 5.60 Å². The second-order valence-electron chi connectivity index (χ2n) is 11.1. The molecule has 2 aliphatic heterocycles. The van der Waals surface area contributed by atoms with Gasteiger partial charge >= 0.3 is 6.18 Å². The Hall–Kier alpha value is -3.01. The van der Waals surface area contributed by atoms with Crippen LogP contribution in [0.25, 0.3) is 0 Å². The second kappa shape index (κ2) is 11.2. The number of alkyl halides is 3. The molecule has 2 bridgehead atoms. The first-order valence-corrected chi connectivity index (χ1v) is 13.5. The Labute approximate surface area is 231 Å². The summed E-state index contributed by atoms with van der Waals surface area (Å²) in [5.74, 6) is 0.463. The van der Waals surface area contributed by atoms with Gasteiger partial charge in [0, 0.05) is 29.3 Å². The van der Waals surface area contributed by atoms with E-state index >= 15 is 0 Å². The Morgan fingerprint density at radius 1 is 1.13 bits per heavy atom. The number of benzene rings is 1. The van der Waals surface area contributed by atoms with Gasteiger partial charge in [-0.25, -0.2) is 4.98 Å². The number of carbonyl (C=O) groups excluding carboxylic acids is 2. The standard InChI is InChI=1S/C28H34ClF3N4O3/c1-16(2)22-11-18(29)6-9-23(22)39-27(3,4)26(38)35-19-12-20-7-8-21(13-19)36(20)24-10-5-17(14-33-24)25(37)34-15-28(30,31)32/h5-6,9-11,14,16,19-21H,7-8,12-13,15H2,1-4H3,(H,34,37)(H,35,38)/t19-,20+,21-. The number of halogens is 4. The maximum Gasteiger partial charge on any atom is 0.405 e. The van der Waals surface area contributed by atoms with E-state index in [0.717, 1.165) is 31.2 Å². The van der Waals surface area contributed by atoms with Gasteiger partial charge < -0.3 is 20.3 Å². The summed E-state index contributed by atoms with van der Waals surface area (Å²) < 4.78 is 43.4. The highest BCUT2D eigenvalue weighted by Crippen LogP contribution is 2.39. The second-order valence-corrected chi connectivity index (χ2v) is 11.5. The van der Waals surface area contributed by atoms with E-state index < -0.39 is 24.2 Å². The Bertz CT molecular complexity index is 1190. The van der Waals surface area contributed by atoms with Crippen molar-refractivity contribution in [1.82, 2.24) is 15.6 Å². The molecule has 1 aromatic carbocycles. The van der Waals surface area contributed by atoms with Crippen LogP contribution in [0.5, 0.6) is 5.75 Å². The highest BCUT2D eigenvalue weighted by Gasteiger charge is 2.43. The maximum atomic E-state index is 13.3. The van der Waals surface area contributed by atoms with Crippen molar-refractivity contribution in [3.8, 4) is 5.75 Å². The molecule has 7 nitrogen and oxygen atoms in total. The van der Waals surface area contributed by atoms with Crippen molar-refractivity contribution in [2.24, 2.45) is 0 Å². The summed E-state index contributed by atoms with van der Waals surface area (Å²) in [6, 6.07) is 8.84. The smallest absolute Gasteiger partial charge is 0.405 e. The summed E-state index contributed by atoms with van der Waals surface area (Å²) in [6.45, 7) is 6.19. The molecule has 2 aliphatic rings. The predicted molar refractivity (Wildman–Crippen MR) is 143 cm³/mol. The zero-order valence-corrected chi connectivity index (χ0v) is 23.2. The number of piperidine rings is 1. The van der Waals surface area contributed by atoms with Gasteiger partial charge in [-0.2, -0.15) is 13.2 Å². The molecule has 0 unspecified atom stereocenters. The number of hydrogen-bond acceptors (Lipinski definition) is 5. The van der Waals surface area contributed by atoms with Crippen LogP contribution >= 0.6 is 11.6 Å². The van der Waals surface area contributed by atoms with Gasteiger partial charge in [-0.1, -0.05) is 25.4 Å². The molecule has 1 aromatic heterocycles. The van der Waals surface area contributed by atoms with Crippen molar-refractivity contribution in [3.63, 3.8) is 0 Å². The van der Waals surface area contributed by atoms with E-state index in [1.807, 2.05) is 25.2 Å². The first-order chi connectivity index (χ1) is 18.2. The van der Waals surface area contributed by atoms with E-state index in [1.54, 1.807) is 32.0 Å². The summed E-state index contributed by atoms with van der Waals surface area (Å²) in [5.41, 5.74) is -0.0929. The SMILES string of the molecule is CC(C)c1cc(Cl)ccc1OC(C)(C)C(=O)N[C@H]1C[C@H]2CC[C@@H](C1)N2c1ccc(C(=O)NCC(F)(F)F)cn1. The van der Waals surface area contributed by atoms with E-state index in [0.29, 0.717) is 16.6 Å². The van der Waals surface area contributed by atoms with Crippen LogP contribution in [0.15, 0.2) is 36.5 Å². The largest absolute Gasteiger partial charge is 0.478 e. The van der Waals surface area contributed by atoms with Crippen molar-refractivity contribution < 1.29 is 27.5 Å². The summed E-state index contributed by atoms with van der Waals surface area (Å²) in [5, 5.41) is 5.65. The Morgan fingerprint density at radius 3 is 2.36 bits per heavy atom. The van der Waals surface area contributed by atoms with Gasteiger partial charge in [0.1, 0.15) is 18.1 Å². The van der Waals surface area contributed by atoms with Crippen LogP contribution in [0.3, 0.4) is 0 Å². The maximum absolute atomic E-state index is 13.3. The van der Waals surface area contributed by atoms with Crippen molar-refractivity contribution in [3.05, 3.63) is 52.7 Å². The molecule has 2 saturated heterocycles. The molecule has 11 heteroatoms. The molecular formula is C28H34ClF3N4O3. The molecule has 0 radical (unpaired) electrons. The fraction of sp³-hybridized carbons (Fsp3) is 0.536. The number of nitrogens with one attached hydrogen (secondary N) is 2. The normalized spacial score (nSPS) is 21.2. The molecule has 2 aromatic rings. The van der Waals surface area contributed by atoms with Crippen LogP contribution in [0, 0.1) is 0 Å². The number of amides is 2. The van der Waals surface area contributed by atoms with Crippen LogP contribution in [0.1, 0.15) is 75.2 Å². The van der Waals surface area contributed by atoms with Crippen LogP contribution in [-0.4, -0.2) is 53.2 Å². The highest BCUT2D eigenvalue weighted by molar-refractivity contribution is 6.30. The molecule has 2 amide bonds. The lowest BCUT2D eigenvalue weighted by atomic mass is 9.96. The minimum atomic E-state index is -4.48. The number of nitrogens with zero attached hydrogens (tertiary/aromatic N) is 2. The number of carbonyl (C=O) groups is 2. The molecule has 0 spiro atoms. The molecule has 39 heavy (non-hydrogen) atoms. The van der Waals surface area contributed by atoms with Gasteiger partial charge in [-0.15, -0.1) is 0 Å². The molecule has 4 rings (SSSR count). The van der Waals surface area contributed by atoms with E-state index in [-0.39, 0.29) is 35.5 Å². The molecule has 2 fully saturated rings. The predicted octanol–water partition coefficient (Wildman–Crippen LogP) is 5.62. The van der Waals surface area contributed by atoms with Gasteiger partial charge in [0.25, 0.3) is 11.8 Å². The number of fused-ring (bicyclic) bond motifs is 2. The molecule has 0 aliphatic carbocycles. The van der Waals surface area contributed by atoms with Crippen molar-refractivity contribution in [1.29, 1.82) is 0 Å². The van der Waals surface area contributed by atoms with Crippen LogP contribution < -0.4 is 20.3 Å². The topological polar surface area (TPSA) is 83.6 Å². The van der Waals surface area contributed by atoms with Gasteiger partial charge in [-0.3, -0.25) is 9.59 Å². The first kappa shape index (κ1) is 29.0. The first-order valence-electron chi connectivity index (χ1n) is 13.1. The van der Waals surface area contributed by atoms with Crippen molar-refractivity contribution in [2.45, 2.75) is 89.2 Å². The third-order valence-corrected chi connectivity index (χ3v) is 7.53. The lowest BCUT2D eigenvalue weighted by Gasteiger charge is -2.41. The molecule has 0 saturated carbocycles. The van der Waals surface area contributed by atoms with Crippen molar-refractivity contribution >= 4 is 29.2 Å². The Balaban J connectivity index is 1.37. The zero-order chi connectivity index (χ0) is 28.5. The molecule has 3 heterocycles. The zero-order valence-electron chi connectivity index (χ0n) is 22.4. The van der Waals surface area contributed by atoms with Gasteiger partial charge in [-0.05, 0) is 81.3 Å². The van der Waals surface area contributed by atoms with E-state index in [1.165, 1.54) is 12.3 Å². The Morgan fingerprint density at radius 2 is 1.79 bits per heavy atom. The van der Waals surface area contributed by atoms with Crippen molar-refractivity contribution in [2.75, 3.05) is 11.4 Å². The average Bonchev–Trinajstić information content (AvgIpc) is 3.13. The fourth-order valence-electron chi connectivity index (χ4n) is 5.37. The molecule has 2 N–H and O–H groups in total. The van der Waals surface area contributed by atoms with E-state index in [2.05, 4.69) is 15.2 Å².